The molecule has 0 radical (unpaired) electrons. The van der Waals surface area contributed by atoms with E-state index >= 15 is 0 Å². The van der Waals surface area contributed by atoms with Crippen molar-refractivity contribution >= 4 is 12.1 Å². The van der Waals surface area contributed by atoms with Crippen LogP contribution in [0.25, 0.3) is 5.69 Å². The second-order valence-corrected chi connectivity index (χ2v) is 3.42. The van der Waals surface area contributed by atoms with E-state index in [0.717, 1.165) is 0 Å². The molecule has 0 atom stereocenters. The fourth-order valence-corrected chi connectivity index (χ4v) is 1.84. The number of anilines is 1. The molecule has 0 spiro atoms. The van der Waals surface area contributed by atoms with E-state index in [2.05, 4.69) is 9.68 Å². The molecule has 0 unspecified atom stereocenters. The number of para-hydroxylation sites is 2. The smallest absolute Gasteiger partial charge is 0.305 e. The molecule has 6 heteroatoms. The first-order chi connectivity index (χ1) is 7.81. The van der Waals surface area contributed by atoms with Crippen LogP contribution in [-0.4, -0.2) is 16.1 Å². The zero-order valence-corrected chi connectivity index (χ0v) is 8.16. The third-order valence-electron chi connectivity index (χ3n) is 2.54. The van der Waals surface area contributed by atoms with Crippen molar-refractivity contribution in [2.24, 2.45) is 0 Å². The van der Waals surface area contributed by atoms with Gasteiger partial charge >= 0.3 is 5.76 Å². The van der Waals surface area contributed by atoms with Crippen LogP contribution in [0.1, 0.15) is 5.82 Å². The average molecular weight is 217 g/mol. The van der Waals surface area contributed by atoms with Gasteiger partial charge in [0, 0.05) is 0 Å². The zero-order valence-electron chi connectivity index (χ0n) is 8.16. The van der Waals surface area contributed by atoms with E-state index in [1.807, 2.05) is 0 Å². The van der Waals surface area contributed by atoms with Gasteiger partial charge in [-0.25, -0.2) is 9.36 Å². The predicted octanol–water partition coefficient (Wildman–Crippen LogP) is 0.302. The maximum absolute atomic E-state index is 11.4. The molecule has 0 fully saturated rings. The van der Waals surface area contributed by atoms with Crippen molar-refractivity contribution in [3.63, 3.8) is 0 Å². The van der Waals surface area contributed by atoms with Gasteiger partial charge < -0.3 is 4.90 Å². The normalized spacial score (nSPS) is 13.1. The Hall–Kier alpha value is -2.37. The Morgan fingerprint density at radius 2 is 2.06 bits per heavy atom. The van der Waals surface area contributed by atoms with Crippen LogP contribution in [0.15, 0.2) is 33.6 Å². The van der Waals surface area contributed by atoms with E-state index in [0.29, 0.717) is 23.6 Å². The molecule has 0 saturated carbocycles. The minimum atomic E-state index is -0.534. The largest absolute Gasteiger partial charge is 0.446 e. The molecule has 1 aliphatic rings. The molecule has 6 nitrogen and oxygen atoms in total. The van der Waals surface area contributed by atoms with Gasteiger partial charge in [-0.3, -0.25) is 9.32 Å². The lowest BCUT2D eigenvalue weighted by molar-refractivity contribution is -0.107. The molecule has 1 aromatic heterocycles. The van der Waals surface area contributed by atoms with E-state index in [9.17, 15) is 9.59 Å². The van der Waals surface area contributed by atoms with Crippen LogP contribution in [-0.2, 0) is 11.3 Å². The highest BCUT2D eigenvalue weighted by molar-refractivity contribution is 5.81. The lowest BCUT2D eigenvalue weighted by atomic mass is 10.2. The molecule has 2 aromatic rings. The van der Waals surface area contributed by atoms with Gasteiger partial charge in [0.15, 0.2) is 5.82 Å². The van der Waals surface area contributed by atoms with Crippen LogP contribution < -0.4 is 10.7 Å². The summed E-state index contributed by atoms with van der Waals surface area (Å²) < 4.78 is 5.95. The Morgan fingerprint density at radius 3 is 2.81 bits per heavy atom. The van der Waals surface area contributed by atoms with Gasteiger partial charge in [-0.1, -0.05) is 17.3 Å². The van der Waals surface area contributed by atoms with Crippen molar-refractivity contribution in [2.45, 2.75) is 6.54 Å². The topological polar surface area (TPSA) is 68.3 Å². The maximum Gasteiger partial charge on any atom is 0.446 e. The predicted molar refractivity (Wildman–Crippen MR) is 54.3 cm³/mol. The standard InChI is InChI=1S/C10H7N3O3/c14-6-12-5-9-11-16-10(15)13(9)8-4-2-1-3-7(8)12/h1-4,6H,5H2. The summed E-state index contributed by atoms with van der Waals surface area (Å²) in [7, 11) is 0. The number of benzene rings is 1. The third-order valence-corrected chi connectivity index (χ3v) is 2.54. The van der Waals surface area contributed by atoms with Gasteiger partial charge in [-0.15, -0.1) is 0 Å². The molecule has 80 valence electrons. The Kier molecular flexibility index (Phi) is 1.70. The Labute approximate surface area is 89.7 Å². The lowest BCUT2D eigenvalue weighted by Gasteiger charge is -2.24. The van der Waals surface area contributed by atoms with E-state index in [1.54, 1.807) is 24.3 Å². The fraction of sp³-hybridized carbons (Fsp3) is 0.100. The lowest BCUT2D eigenvalue weighted by Crippen LogP contribution is -2.31. The SMILES string of the molecule is O=CN1Cc2noc(=O)n2-c2ccccc21. The van der Waals surface area contributed by atoms with Crippen molar-refractivity contribution in [3.05, 3.63) is 40.6 Å². The third kappa shape index (κ3) is 1.04. The summed E-state index contributed by atoms with van der Waals surface area (Å²) in [5.41, 5.74) is 1.29. The number of hydrogen-bond donors (Lipinski definition) is 0. The molecule has 0 N–H and O–H groups in total. The number of rotatable bonds is 1. The van der Waals surface area contributed by atoms with Gasteiger partial charge in [0.1, 0.15) is 0 Å². The molecule has 1 amide bonds. The van der Waals surface area contributed by atoms with E-state index in [1.165, 1.54) is 9.47 Å². The van der Waals surface area contributed by atoms with Gasteiger partial charge in [-0.2, -0.15) is 0 Å². The number of amides is 1. The van der Waals surface area contributed by atoms with Gasteiger partial charge in [0.2, 0.25) is 6.41 Å². The summed E-state index contributed by atoms with van der Waals surface area (Å²) in [6.45, 7) is 0.242. The van der Waals surface area contributed by atoms with E-state index in [4.69, 9.17) is 0 Å². The van der Waals surface area contributed by atoms with Crippen LogP contribution >= 0.6 is 0 Å². The van der Waals surface area contributed by atoms with Crippen LogP contribution in [0.2, 0.25) is 0 Å². The van der Waals surface area contributed by atoms with Crippen molar-refractivity contribution in [3.8, 4) is 5.69 Å². The number of hydrogen-bond acceptors (Lipinski definition) is 4. The quantitative estimate of drug-likeness (QED) is 0.644. The zero-order chi connectivity index (χ0) is 11.1. The molecule has 0 bridgehead atoms. The Morgan fingerprint density at radius 1 is 1.31 bits per heavy atom. The Balaban J connectivity index is 2.35. The van der Waals surface area contributed by atoms with Crippen LogP contribution in [0, 0.1) is 0 Å². The molecular formula is C10H7N3O3. The number of aromatic nitrogens is 2. The highest BCUT2D eigenvalue weighted by Gasteiger charge is 2.25. The minimum absolute atomic E-state index is 0.242. The Bertz CT molecular complexity index is 614. The van der Waals surface area contributed by atoms with Crippen molar-refractivity contribution < 1.29 is 9.32 Å². The first-order valence-electron chi connectivity index (χ1n) is 4.70. The molecule has 0 saturated heterocycles. The number of carbonyl (C=O) groups excluding carboxylic acids is 1. The summed E-state index contributed by atoms with van der Waals surface area (Å²) >= 11 is 0. The van der Waals surface area contributed by atoms with Crippen molar-refractivity contribution in [1.29, 1.82) is 0 Å². The summed E-state index contributed by atoms with van der Waals surface area (Å²) in [4.78, 5) is 23.8. The van der Waals surface area contributed by atoms with Crippen LogP contribution in [0.3, 0.4) is 0 Å². The molecule has 16 heavy (non-hydrogen) atoms. The maximum atomic E-state index is 11.4. The van der Waals surface area contributed by atoms with Crippen LogP contribution in [0.5, 0.6) is 0 Å². The second-order valence-electron chi connectivity index (χ2n) is 3.42. The molecule has 1 aromatic carbocycles. The average Bonchev–Trinajstić information content (AvgIpc) is 2.70. The van der Waals surface area contributed by atoms with Gasteiger partial charge in [-0.05, 0) is 12.1 Å². The van der Waals surface area contributed by atoms with Crippen molar-refractivity contribution in [2.75, 3.05) is 4.90 Å². The fourth-order valence-electron chi connectivity index (χ4n) is 1.84. The minimum Gasteiger partial charge on any atom is -0.305 e. The summed E-state index contributed by atoms with van der Waals surface area (Å²) in [6.07, 6.45) is 0.710. The van der Waals surface area contributed by atoms with E-state index in [-0.39, 0.29) is 6.54 Å². The highest BCUT2D eigenvalue weighted by Crippen LogP contribution is 2.28. The monoisotopic (exact) mass is 217 g/mol. The molecule has 1 aliphatic heterocycles. The molecule has 0 aliphatic carbocycles. The summed E-state index contributed by atoms with van der Waals surface area (Å²) in [5, 5.41) is 3.63. The molecule has 2 heterocycles. The first-order valence-corrected chi connectivity index (χ1v) is 4.70. The first kappa shape index (κ1) is 8.90. The number of fused-ring (bicyclic) bond motifs is 3. The van der Waals surface area contributed by atoms with E-state index < -0.39 is 5.76 Å². The van der Waals surface area contributed by atoms with Crippen LogP contribution in [0.4, 0.5) is 5.69 Å². The van der Waals surface area contributed by atoms with Crippen molar-refractivity contribution in [1.82, 2.24) is 9.72 Å². The molecule has 3 rings (SSSR count). The van der Waals surface area contributed by atoms with Gasteiger partial charge in [0.05, 0.1) is 17.9 Å². The number of nitrogens with zero attached hydrogens (tertiary/aromatic N) is 3. The molecular weight excluding hydrogens is 210 g/mol. The highest BCUT2D eigenvalue weighted by atomic mass is 16.5. The summed E-state index contributed by atoms with van der Waals surface area (Å²) in [6, 6.07) is 7.11. The number of carbonyl (C=O) groups is 1. The van der Waals surface area contributed by atoms with Gasteiger partial charge in [0.25, 0.3) is 0 Å². The summed E-state index contributed by atoms with van der Waals surface area (Å²) in [5.74, 6) is -0.108. The second kappa shape index (κ2) is 3.06.